The van der Waals surface area contributed by atoms with E-state index >= 15 is 0 Å². The molecule has 1 aliphatic rings. The Labute approximate surface area is 132 Å². The van der Waals surface area contributed by atoms with Gasteiger partial charge in [-0.1, -0.05) is 12.8 Å². The molecule has 6 heteroatoms. The number of hydrogen-bond donors (Lipinski definition) is 1. The summed E-state index contributed by atoms with van der Waals surface area (Å²) in [6.45, 7) is 1.99. The number of amides is 1. The van der Waals surface area contributed by atoms with Crippen molar-refractivity contribution in [3.05, 3.63) is 38.7 Å². The van der Waals surface area contributed by atoms with Gasteiger partial charge in [0.1, 0.15) is 5.01 Å². The quantitative estimate of drug-likeness (QED) is 0.878. The van der Waals surface area contributed by atoms with E-state index in [1.165, 1.54) is 11.3 Å². The Hall–Kier alpha value is -1.53. The van der Waals surface area contributed by atoms with Crippen LogP contribution in [0.2, 0.25) is 0 Å². The molecule has 1 amide bonds. The Balaban J connectivity index is 1.75. The predicted octanol–water partition coefficient (Wildman–Crippen LogP) is 3.51. The molecule has 0 saturated heterocycles. The number of nitrogens with one attached hydrogen (secondary N) is 1. The van der Waals surface area contributed by atoms with Crippen molar-refractivity contribution in [2.75, 3.05) is 0 Å². The minimum Gasteiger partial charge on any atom is -0.341 e. The van der Waals surface area contributed by atoms with E-state index in [0.717, 1.165) is 42.1 Å². The molecule has 3 rings (SSSR count). The van der Waals surface area contributed by atoms with E-state index in [1.807, 2.05) is 17.7 Å². The van der Waals surface area contributed by atoms with Gasteiger partial charge in [0.15, 0.2) is 0 Å². The average molecular weight is 319 g/mol. The topological polar surface area (TPSA) is 54.9 Å². The van der Waals surface area contributed by atoms with Crippen LogP contribution in [0.3, 0.4) is 0 Å². The van der Waals surface area contributed by atoms with Crippen LogP contribution in [-0.4, -0.2) is 15.9 Å². The smallest absolute Gasteiger partial charge is 0.244 e. The van der Waals surface area contributed by atoms with Crippen LogP contribution in [-0.2, 0) is 10.3 Å². The fraction of sp³-hybridized carbons (Fsp3) is 0.400. The third kappa shape index (κ3) is 3.22. The third-order valence-corrected chi connectivity index (χ3v) is 5.47. The Kier molecular flexibility index (Phi) is 4.17. The number of hydrogen-bond acceptors (Lipinski definition) is 5. The lowest BCUT2D eigenvalue weighted by Gasteiger charge is -2.27. The molecule has 0 aliphatic heterocycles. The molecule has 2 aromatic rings. The van der Waals surface area contributed by atoms with Crippen molar-refractivity contribution in [2.24, 2.45) is 0 Å². The minimum atomic E-state index is -0.275. The maximum atomic E-state index is 12.2. The zero-order chi connectivity index (χ0) is 14.7. The van der Waals surface area contributed by atoms with E-state index in [-0.39, 0.29) is 11.4 Å². The van der Waals surface area contributed by atoms with Crippen molar-refractivity contribution in [1.29, 1.82) is 0 Å². The van der Waals surface area contributed by atoms with Crippen LogP contribution in [0.1, 0.15) is 42.1 Å². The molecule has 2 aromatic heterocycles. The molecule has 0 unspecified atom stereocenters. The molecule has 0 spiro atoms. The normalized spacial score (nSPS) is 17.4. The highest BCUT2D eigenvalue weighted by atomic mass is 32.1. The summed E-state index contributed by atoms with van der Waals surface area (Å²) in [5.41, 5.74) is 3.32. The van der Waals surface area contributed by atoms with Crippen molar-refractivity contribution in [3.8, 4) is 0 Å². The predicted molar refractivity (Wildman–Crippen MR) is 86.3 cm³/mol. The van der Waals surface area contributed by atoms with Gasteiger partial charge in [-0.3, -0.25) is 4.79 Å². The molecule has 110 valence electrons. The second-order valence-electron chi connectivity index (χ2n) is 5.32. The molecule has 1 fully saturated rings. The molecule has 1 saturated carbocycles. The number of thiazole rings is 2. The van der Waals surface area contributed by atoms with Crippen LogP contribution < -0.4 is 5.32 Å². The van der Waals surface area contributed by atoms with Gasteiger partial charge in [0.05, 0.1) is 16.7 Å². The van der Waals surface area contributed by atoms with Crippen LogP contribution in [0.4, 0.5) is 0 Å². The molecular weight excluding hydrogens is 302 g/mol. The third-order valence-electron chi connectivity index (χ3n) is 3.70. The first-order valence-electron chi connectivity index (χ1n) is 6.99. The summed E-state index contributed by atoms with van der Waals surface area (Å²) in [6.07, 6.45) is 7.52. The highest BCUT2D eigenvalue weighted by Crippen LogP contribution is 2.40. The maximum absolute atomic E-state index is 12.2. The van der Waals surface area contributed by atoms with Gasteiger partial charge in [0, 0.05) is 22.5 Å². The molecule has 4 nitrogen and oxygen atoms in total. The number of rotatable bonds is 4. The Morgan fingerprint density at radius 1 is 1.38 bits per heavy atom. The SMILES string of the molecule is Cc1csc(C2(NC(=O)C=Cc3cscn3)CCCC2)n1. The maximum Gasteiger partial charge on any atom is 0.244 e. The number of aromatic nitrogens is 2. The summed E-state index contributed by atoms with van der Waals surface area (Å²) in [7, 11) is 0. The molecule has 0 radical (unpaired) electrons. The molecule has 2 heterocycles. The fourth-order valence-corrected chi connectivity index (χ4v) is 4.22. The van der Waals surface area contributed by atoms with Crippen LogP contribution >= 0.6 is 22.7 Å². The second-order valence-corrected chi connectivity index (χ2v) is 6.90. The zero-order valence-electron chi connectivity index (χ0n) is 11.8. The lowest BCUT2D eigenvalue weighted by molar-refractivity contribution is -0.118. The summed E-state index contributed by atoms with van der Waals surface area (Å²) in [6, 6.07) is 0. The van der Waals surface area contributed by atoms with Gasteiger partial charge in [-0.2, -0.15) is 0 Å². The first kappa shape index (κ1) is 14.4. The molecule has 1 N–H and O–H groups in total. The molecule has 0 atom stereocenters. The Bertz CT molecular complexity index is 640. The van der Waals surface area contributed by atoms with Crippen molar-refractivity contribution >= 4 is 34.7 Å². The number of aryl methyl sites for hydroxylation is 1. The van der Waals surface area contributed by atoms with Crippen LogP contribution in [0, 0.1) is 6.92 Å². The van der Waals surface area contributed by atoms with E-state index in [1.54, 1.807) is 29.0 Å². The number of carbonyl (C=O) groups excluding carboxylic acids is 1. The van der Waals surface area contributed by atoms with Crippen molar-refractivity contribution in [1.82, 2.24) is 15.3 Å². The van der Waals surface area contributed by atoms with Gasteiger partial charge in [-0.15, -0.1) is 22.7 Å². The van der Waals surface area contributed by atoms with Crippen LogP contribution in [0.15, 0.2) is 22.3 Å². The van der Waals surface area contributed by atoms with Gasteiger partial charge < -0.3 is 5.32 Å². The van der Waals surface area contributed by atoms with Crippen LogP contribution in [0.5, 0.6) is 0 Å². The minimum absolute atomic E-state index is 0.0715. The van der Waals surface area contributed by atoms with Crippen molar-refractivity contribution in [2.45, 2.75) is 38.1 Å². The van der Waals surface area contributed by atoms with Crippen LogP contribution in [0.25, 0.3) is 6.08 Å². The fourth-order valence-electron chi connectivity index (χ4n) is 2.69. The lowest BCUT2D eigenvalue weighted by atomic mass is 9.98. The van der Waals surface area contributed by atoms with Gasteiger partial charge in [-0.05, 0) is 25.8 Å². The van der Waals surface area contributed by atoms with Gasteiger partial charge >= 0.3 is 0 Å². The number of carbonyl (C=O) groups is 1. The highest BCUT2D eigenvalue weighted by molar-refractivity contribution is 7.09. The molecular formula is C15H17N3OS2. The zero-order valence-corrected chi connectivity index (χ0v) is 13.5. The summed E-state index contributed by atoms with van der Waals surface area (Å²) in [4.78, 5) is 21.0. The summed E-state index contributed by atoms with van der Waals surface area (Å²) >= 11 is 3.16. The van der Waals surface area contributed by atoms with Gasteiger partial charge in [-0.25, -0.2) is 9.97 Å². The van der Waals surface area contributed by atoms with Gasteiger partial charge in [0.2, 0.25) is 5.91 Å². The van der Waals surface area contributed by atoms with E-state index in [9.17, 15) is 4.79 Å². The monoisotopic (exact) mass is 319 g/mol. The molecule has 0 bridgehead atoms. The molecule has 21 heavy (non-hydrogen) atoms. The van der Waals surface area contributed by atoms with E-state index < -0.39 is 0 Å². The standard InChI is InChI=1S/C15H17N3OS2/c1-11-8-21-14(17-11)15(6-2-3-7-15)18-13(19)5-4-12-9-20-10-16-12/h4-5,8-10H,2-3,6-7H2,1H3,(H,18,19). The lowest BCUT2D eigenvalue weighted by Crippen LogP contribution is -2.43. The average Bonchev–Trinajstić information content (AvgIpc) is 3.17. The second kappa shape index (κ2) is 6.07. The van der Waals surface area contributed by atoms with E-state index in [0.29, 0.717) is 0 Å². The summed E-state index contributed by atoms with van der Waals surface area (Å²) in [5, 5.41) is 8.18. The summed E-state index contributed by atoms with van der Waals surface area (Å²) in [5.74, 6) is -0.0715. The van der Waals surface area contributed by atoms with Crippen molar-refractivity contribution in [3.63, 3.8) is 0 Å². The molecule has 0 aromatic carbocycles. The number of nitrogens with zero attached hydrogens (tertiary/aromatic N) is 2. The first-order valence-corrected chi connectivity index (χ1v) is 8.81. The first-order chi connectivity index (χ1) is 10.2. The highest BCUT2D eigenvalue weighted by Gasteiger charge is 2.39. The van der Waals surface area contributed by atoms with Gasteiger partial charge in [0.25, 0.3) is 0 Å². The molecule has 1 aliphatic carbocycles. The van der Waals surface area contributed by atoms with E-state index in [2.05, 4.69) is 15.3 Å². The Morgan fingerprint density at radius 2 is 2.19 bits per heavy atom. The Morgan fingerprint density at radius 3 is 2.81 bits per heavy atom. The van der Waals surface area contributed by atoms with Crippen molar-refractivity contribution < 1.29 is 4.79 Å². The largest absolute Gasteiger partial charge is 0.341 e. The summed E-state index contributed by atoms with van der Waals surface area (Å²) < 4.78 is 0. The van der Waals surface area contributed by atoms with E-state index in [4.69, 9.17) is 0 Å².